The highest BCUT2D eigenvalue weighted by molar-refractivity contribution is 7.99. The second-order valence-corrected chi connectivity index (χ2v) is 10.7. The Kier molecular flexibility index (Phi) is 8.83. The van der Waals surface area contributed by atoms with Crippen molar-refractivity contribution in [3.8, 4) is 0 Å². The van der Waals surface area contributed by atoms with Crippen molar-refractivity contribution in [2.45, 2.75) is 42.3 Å². The first-order valence-corrected chi connectivity index (χ1v) is 13.4. The van der Waals surface area contributed by atoms with Gasteiger partial charge in [-0.15, -0.1) is 16.8 Å². The minimum atomic E-state index is -3.61. The lowest BCUT2D eigenvalue weighted by Gasteiger charge is -2.10. The zero-order chi connectivity index (χ0) is 25.4. The van der Waals surface area contributed by atoms with Crippen molar-refractivity contribution in [2.75, 3.05) is 11.1 Å². The van der Waals surface area contributed by atoms with Gasteiger partial charge in [0, 0.05) is 12.2 Å². The van der Waals surface area contributed by atoms with Crippen LogP contribution in [0.3, 0.4) is 0 Å². The molecule has 0 spiro atoms. The van der Waals surface area contributed by atoms with Crippen LogP contribution in [0.15, 0.2) is 77.3 Å². The molecule has 3 rings (SSSR count). The van der Waals surface area contributed by atoms with Gasteiger partial charge in [-0.05, 0) is 50.2 Å². The number of sulfone groups is 1. The number of anilines is 1. The smallest absolute Gasteiger partial charge is 0.338 e. The Bertz CT molecular complexity index is 1290. The summed E-state index contributed by atoms with van der Waals surface area (Å²) in [7, 11) is -3.61. The zero-order valence-corrected chi connectivity index (χ0v) is 21.0. The molecule has 0 saturated heterocycles. The molecule has 1 heterocycles. The van der Waals surface area contributed by atoms with Gasteiger partial charge in [-0.3, -0.25) is 4.79 Å². The van der Waals surface area contributed by atoms with E-state index in [2.05, 4.69) is 22.1 Å². The normalized spacial score (nSPS) is 11.3. The number of hydrogen-bond acceptors (Lipinski definition) is 8. The summed E-state index contributed by atoms with van der Waals surface area (Å²) in [6.45, 7) is 7.55. The molecule has 184 valence electrons. The molecule has 9 nitrogen and oxygen atoms in total. The lowest BCUT2D eigenvalue weighted by Crippen LogP contribution is -2.16. The standard InChI is InChI=1S/C24H26N4O5S2/c1-4-14-28-21(16-35(31,32)20-8-6-5-7-9-20)26-27-24(28)34-15-22(29)25-19-12-10-18(11-13-19)23(30)33-17(2)3/h4-13,17H,1,14-16H2,2-3H3,(H,25,29). The molecule has 1 N–H and O–H groups in total. The van der Waals surface area contributed by atoms with E-state index in [0.717, 1.165) is 11.8 Å². The number of nitrogens with one attached hydrogen (secondary N) is 1. The third-order valence-electron chi connectivity index (χ3n) is 4.61. The number of esters is 1. The summed E-state index contributed by atoms with van der Waals surface area (Å²) < 4.78 is 32.3. The van der Waals surface area contributed by atoms with Crippen molar-refractivity contribution in [2.24, 2.45) is 0 Å². The number of nitrogens with zero attached hydrogens (tertiary/aromatic N) is 3. The number of amides is 1. The molecule has 0 fully saturated rings. The van der Waals surface area contributed by atoms with Crippen molar-refractivity contribution >= 4 is 39.2 Å². The first-order chi connectivity index (χ1) is 16.7. The van der Waals surface area contributed by atoms with Crippen LogP contribution >= 0.6 is 11.8 Å². The van der Waals surface area contributed by atoms with Crippen LogP contribution in [-0.4, -0.2) is 46.9 Å². The number of carbonyl (C=O) groups excluding carboxylic acids is 2. The molecule has 0 unspecified atom stereocenters. The van der Waals surface area contributed by atoms with Gasteiger partial charge in [0.15, 0.2) is 15.0 Å². The third-order valence-corrected chi connectivity index (χ3v) is 7.20. The largest absolute Gasteiger partial charge is 0.459 e. The molecule has 3 aromatic rings. The van der Waals surface area contributed by atoms with E-state index in [-0.39, 0.29) is 34.2 Å². The van der Waals surface area contributed by atoms with Crippen molar-refractivity contribution in [3.05, 3.63) is 78.6 Å². The quantitative estimate of drug-likeness (QED) is 0.233. The second-order valence-electron chi connectivity index (χ2n) is 7.74. The number of benzene rings is 2. The monoisotopic (exact) mass is 514 g/mol. The Balaban J connectivity index is 1.63. The predicted octanol–water partition coefficient (Wildman–Crippen LogP) is 3.73. The Morgan fingerprint density at radius 3 is 2.43 bits per heavy atom. The van der Waals surface area contributed by atoms with Gasteiger partial charge in [0.25, 0.3) is 0 Å². The van der Waals surface area contributed by atoms with Crippen LogP contribution in [0.5, 0.6) is 0 Å². The third kappa shape index (κ3) is 7.27. The molecule has 0 atom stereocenters. The van der Waals surface area contributed by atoms with Crippen molar-refractivity contribution in [1.82, 2.24) is 14.8 Å². The summed E-state index contributed by atoms with van der Waals surface area (Å²) in [6.07, 6.45) is 1.39. The molecule has 35 heavy (non-hydrogen) atoms. The van der Waals surface area contributed by atoms with Gasteiger partial charge in [-0.25, -0.2) is 13.2 Å². The zero-order valence-electron chi connectivity index (χ0n) is 19.4. The van der Waals surface area contributed by atoms with Crippen LogP contribution in [0.1, 0.15) is 30.0 Å². The highest BCUT2D eigenvalue weighted by atomic mass is 32.2. The lowest BCUT2D eigenvalue weighted by molar-refractivity contribution is -0.113. The first kappa shape index (κ1) is 26.2. The molecular formula is C24H26N4O5S2. The number of rotatable bonds is 11. The highest BCUT2D eigenvalue weighted by Gasteiger charge is 2.21. The number of ether oxygens (including phenoxy) is 1. The molecule has 0 saturated carbocycles. The minimum absolute atomic E-state index is 0.0256. The van der Waals surface area contributed by atoms with Crippen LogP contribution in [0.2, 0.25) is 0 Å². The number of carbonyl (C=O) groups is 2. The Morgan fingerprint density at radius 2 is 1.80 bits per heavy atom. The van der Waals surface area contributed by atoms with E-state index < -0.39 is 15.8 Å². The van der Waals surface area contributed by atoms with E-state index in [1.165, 1.54) is 12.1 Å². The molecule has 0 radical (unpaired) electrons. The van der Waals surface area contributed by atoms with E-state index >= 15 is 0 Å². The average Bonchev–Trinajstić information content (AvgIpc) is 3.19. The number of hydrogen-bond donors (Lipinski definition) is 1. The second kappa shape index (κ2) is 11.8. The molecule has 0 bridgehead atoms. The fraction of sp³-hybridized carbons (Fsp3) is 0.250. The maximum atomic E-state index is 12.7. The fourth-order valence-corrected chi connectivity index (χ4v) is 5.08. The highest BCUT2D eigenvalue weighted by Crippen LogP contribution is 2.21. The van der Waals surface area contributed by atoms with Crippen LogP contribution in [0.25, 0.3) is 0 Å². The number of aromatic nitrogens is 3. The van der Waals surface area contributed by atoms with Gasteiger partial charge in [0.05, 0.1) is 22.3 Å². The fourth-order valence-electron chi connectivity index (χ4n) is 3.03. The van der Waals surface area contributed by atoms with Gasteiger partial charge in [0.2, 0.25) is 5.91 Å². The lowest BCUT2D eigenvalue weighted by atomic mass is 10.2. The molecule has 11 heteroatoms. The van der Waals surface area contributed by atoms with E-state index in [1.807, 2.05) is 0 Å². The van der Waals surface area contributed by atoms with Crippen LogP contribution < -0.4 is 5.32 Å². The Morgan fingerprint density at radius 1 is 1.11 bits per heavy atom. The predicted molar refractivity (Wildman–Crippen MR) is 134 cm³/mol. The number of thioether (sulfide) groups is 1. The Hall–Kier alpha value is -3.44. The average molecular weight is 515 g/mol. The summed E-state index contributed by atoms with van der Waals surface area (Å²) in [5.41, 5.74) is 0.917. The van der Waals surface area contributed by atoms with Crippen LogP contribution in [-0.2, 0) is 31.7 Å². The Labute approximate surface area is 208 Å². The molecule has 0 aliphatic carbocycles. The molecule has 1 aromatic heterocycles. The van der Waals surface area contributed by atoms with E-state index in [1.54, 1.807) is 67.0 Å². The van der Waals surface area contributed by atoms with Crippen LogP contribution in [0, 0.1) is 0 Å². The topological polar surface area (TPSA) is 120 Å². The maximum Gasteiger partial charge on any atom is 0.338 e. The van der Waals surface area contributed by atoms with E-state index in [0.29, 0.717) is 23.0 Å². The SMILES string of the molecule is C=CCn1c(CS(=O)(=O)c2ccccc2)nnc1SCC(=O)Nc1ccc(C(=O)OC(C)C)cc1. The van der Waals surface area contributed by atoms with Gasteiger partial charge >= 0.3 is 5.97 Å². The molecule has 0 aliphatic heterocycles. The summed E-state index contributed by atoms with van der Waals surface area (Å²) >= 11 is 1.13. The maximum absolute atomic E-state index is 12.7. The molecule has 1 amide bonds. The summed E-state index contributed by atoms with van der Waals surface area (Å²) in [5, 5.41) is 11.3. The summed E-state index contributed by atoms with van der Waals surface area (Å²) in [4.78, 5) is 24.6. The van der Waals surface area contributed by atoms with Gasteiger partial charge < -0.3 is 14.6 Å². The van der Waals surface area contributed by atoms with Crippen molar-refractivity contribution in [1.29, 1.82) is 0 Å². The van der Waals surface area contributed by atoms with Gasteiger partial charge in [-0.1, -0.05) is 36.0 Å². The van der Waals surface area contributed by atoms with Crippen LogP contribution in [0.4, 0.5) is 5.69 Å². The summed E-state index contributed by atoms with van der Waals surface area (Å²) in [6, 6.07) is 14.5. The van der Waals surface area contributed by atoms with Crippen molar-refractivity contribution < 1.29 is 22.7 Å². The van der Waals surface area contributed by atoms with Gasteiger partial charge in [-0.2, -0.15) is 0 Å². The van der Waals surface area contributed by atoms with E-state index in [9.17, 15) is 18.0 Å². The van der Waals surface area contributed by atoms with Crippen molar-refractivity contribution in [3.63, 3.8) is 0 Å². The molecule has 2 aromatic carbocycles. The first-order valence-electron chi connectivity index (χ1n) is 10.7. The molecular weight excluding hydrogens is 488 g/mol. The number of allylic oxidation sites excluding steroid dienone is 1. The minimum Gasteiger partial charge on any atom is -0.459 e. The van der Waals surface area contributed by atoms with E-state index in [4.69, 9.17) is 4.74 Å². The summed E-state index contributed by atoms with van der Waals surface area (Å²) in [5.74, 6) is -0.756. The van der Waals surface area contributed by atoms with Gasteiger partial charge in [0.1, 0.15) is 11.6 Å². The molecule has 0 aliphatic rings.